The predicted octanol–water partition coefficient (Wildman–Crippen LogP) is 5.00. The molecule has 2 amide bonds. The van der Waals surface area contributed by atoms with E-state index in [4.69, 9.17) is 9.47 Å². The Morgan fingerprint density at radius 2 is 1.63 bits per heavy atom. The number of halogens is 1. The maximum absolute atomic E-state index is 13.6. The van der Waals surface area contributed by atoms with Crippen LogP contribution in [0, 0.1) is 0 Å². The molecule has 0 spiro atoms. The molecule has 3 rings (SSSR count). The number of hydrogen-bond acceptors (Lipinski definition) is 4. The average Bonchev–Trinajstić information content (AvgIpc) is 2.88. The Labute approximate surface area is 215 Å². The van der Waals surface area contributed by atoms with Crippen LogP contribution in [0.3, 0.4) is 0 Å². The minimum absolute atomic E-state index is 0.184. The van der Waals surface area contributed by atoms with Crippen molar-refractivity contribution in [2.75, 3.05) is 20.3 Å². The van der Waals surface area contributed by atoms with Gasteiger partial charge < -0.3 is 19.7 Å². The Morgan fingerprint density at radius 3 is 2.31 bits per heavy atom. The molecule has 6 nitrogen and oxygen atoms in total. The van der Waals surface area contributed by atoms with Crippen molar-refractivity contribution in [3.05, 3.63) is 94.5 Å². The van der Waals surface area contributed by atoms with Crippen molar-refractivity contribution in [3.63, 3.8) is 0 Å². The molecule has 3 aromatic rings. The lowest BCUT2D eigenvalue weighted by molar-refractivity contribution is -0.142. The number of rotatable bonds is 12. The van der Waals surface area contributed by atoms with Crippen LogP contribution >= 0.6 is 15.9 Å². The first-order valence-corrected chi connectivity index (χ1v) is 12.4. The molecule has 1 atom stereocenters. The van der Waals surface area contributed by atoms with Crippen LogP contribution in [0.15, 0.2) is 83.3 Å². The van der Waals surface area contributed by atoms with Gasteiger partial charge in [-0.15, -0.1) is 0 Å². The van der Waals surface area contributed by atoms with Crippen LogP contribution in [0.2, 0.25) is 0 Å². The van der Waals surface area contributed by atoms with E-state index in [0.717, 1.165) is 22.0 Å². The number of methoxy groups -OCH3 is 1. The molecule has 0 bridgehead atoms. The van der Waals surface area contributed by atoms with Gasteiger partial charge in [0.1, 0.15) is 6.04 Å². The highest BCUT2D eigenvalue weighted by Crippen LogP contribution is 2.26. The van der Waals surface area contributed by atoms with Crippen molar-refractivity contribution in [2.24, 2.45) is 0 Å². The van der Waals surface area contributed by atoms with E-state index < -0.39 is 6.04 Å². The highest BCUT2D eigenvalue weighted by atomic mass is 79.9. The summed E-state index contributed by atoms with van der Waals surface area (Å²) in [6.07, 6.45) is 1.20. The highest BCUT2D eigenvalue weighted by molar-refractivity contribution is 9.10. The van der Waals surface area contributed by atoms with E-state index in [2.05, 4.69) is 21.2 Å². The van der Waals surface area contributed by atoms with Gasteiger partial charge in [-0.05, 0) is 41.8 Å². The summed E-state index contributed by atoms with van der Waals surface area (Å²) < 4.78 is 12.1. The Kier molecular flexibility index (Phi) is 10.2. The second-order valence-electron chi connectivity index (χ2n) is 8.09. The number of nitrogens with zero attached hydrogens (tertiary/aromatic N) is 1. The van der Waals surface area contributed by atoms with E-state index in [9.17, 15) is 9.59 Å². The van der Waals surface area contributed by atoms with Gasteiger partial charge in [-0.3, -0.25) is 9.59 Å². The molecular weight excluding hydrogens is 508 g/mol. The van der Waals surface area contributed by atoms with Crippen LogP contribution in [0.5, 0.6) is 11.5 Å². The molecule has 1 unspecified atom stereocenters. The zero-order valence-electron chi connectivity index (χ0n) is 20.1. The van der Waals surface area contributed by atoms with Crippen molar-refractivity contribution < 1.29 is 19.1 Å². The monoisotopic (exact) mass is 538 g/mol. The second-order valence-corrected chi connectivity index (χ2v) is 9.00. The zero-order chi connectivity index (χ0) is 25.0. The van der Waals surface area contributed by atoms with Gasteiger partial charge in [-0.25, -0.2) is 0 Å². The molecule has 0 aromatic heterocycles. The SMILES string of the molecule is CCCNC(=O)C(Cc1ccccc1)N(Cc1cccc(Br)c1)C(=O)COc1ccccc1OC. The molecule has 0 saturated carbocycles. The van der Waals surface area contributed by atoms with E-state index >= 15 is 0 Å². The predicted molar refractivity (Wildman–Crippen MR) is 140 cm³/mol. The summed E-state index contributed by atoms with van der Waals surface area (Å²) in [6.45, 7) is 2.59. The average molecular weight is 539 g/mol. The summed E-state index contributed by atoms with van der Waals surface area (Å²) in [7, 11) is 1.55. The molecule has 7 heteroatoms. The Hall–Kier alpha value is -3.32. The first kappa shape index (κ1) is 26.3. The standard InChI is InChI=1S/C28H31BrN2O4/c1-3-16-30-28(33)24(18-21-10-5-4-6-11-21)31(19-22-12-9-13-23(29)17-22)27(32)20-35-26-15-8-7-14-25(26)34-2/h4-15,17,24H,3,16,18-20H2,1-2H3,(H,30,33). The number of nitrogens with one attached hydrogen (secondary N) is 1. The first-order valence-electron chi connectivity index (χ1n) is 11.6. The van der Waals surface area contributed by atoms with Crippen LogP contribution in [0.1, 0.15) is 24.5 Å². The molecule has 0 fully saturated rings. The van der Waals surface area contributed by atoms with Crippen LogP contribution in [-0.4, -0.2) is 43.0 Å². The number of hydrogen-bond donors (Lipinski definition) is 1. The van der Waals surface area contributed by atoms with Gasteiger partial charge in [-0.1, -0.05) is 77.5 Å². The van der Waals surface area contributed by atoms with Crippen molar-refractivity contribution in [3.8, 4) is 11.5 Å². The number of para-hydroxylation sites is 2. The van der Waals surface area contributed by atoms with Gasteiger partial charge in [0.2, 0.25) is 5.91 Å². The van der Waals surface area contributed by atoms with E-state index in [1.165, 1.54) is 0 Å². The third-order valence-electron chi connectivity index (χ3n) is 5.48. The molecule has 0 radical (unpaired) electrons. The maximum atomic E-state index is 13.6. The lowest BCUT2D eigenvalue weighted by Gasteiger charge is -2.31. The molecule has 35 heavy (non-hydrogen) atoms. The molecule has 1 N–H and O–H groups in total. The van der Waals surface area contributed by atoms with Crippen LogP contribution in [-0.2, 0) is 22.6 Å². The topological polar surface area (TPSA) is 67.9 Å². The summed E-state index contributed by atoms with van der Waals surface area (Å²) in [5.74, 6) is 0.543. The summed E-state index contributed by atoms with van der Waals surface area (Å²) >= 11 is 3.50. The third kappa shape index (κ3) is 7.86. The second kappa shape index (κ2) is 13.5. The summed E-state index contributed by atoms with van der Waals surface area (Å²) in [5, 5.41) is 2.97. The quantitative estimate of drug-likeness (QED) is 0.352. The molecule has 184 valence electrons. The lowest BCUT2D eigenvalue weighted by Crippen LogP contribution is -2.51. The van der Waals surface area contributed by atoms with E-state index in [0.29, 0.717) is 24.5 Å². The zero-order valence-corrected chi connectivity index (χ0v) is 21.7. The third-order valence-corrected chi connectivity index (χ3v) is 5.98. The first-order chi connectivity index (χ1) is 17.0. The highest BCUT2D eigenvalue weighted by Gasteiger charge is 2.30. The number of amides is 2. The van der Waals surface area contributed by atoms with Crippen LogP contribution < -0.4 is 14.8 Å². The van der Waals surface area contributed by atoms with Gasteiger partial charge in [0, 0.05) is 24.0 Å². The molecule has 0 heterocycles. The normalized spacial score (nSPS) is 11.4. The smallest absolute Gasteiger partial charge is 0.261 e. The van der Waals surface area contributed by atoms with Crippen LogP contribution in [0.4, 0.5) is 0 Å². The molecule has 3 aromatic carbocycles. The number of benzene rings is 3. The van der Waals surface area contributed by atoms with Gasteiger partial charge in [0.25, 0.3) is 5.91 Å². The molecule has 0 saturated heterocycles. The molecule has 0 aliphatic heterocycles. The Bertz CT molecular complexity index is 1110. The van der Waals surface area contributed by atoms with Gasteiger partial charge in [-0.2, -0.15) is 0 Å². The van der Waals surface area contributed by atoms with Gasteiger partial charge in [0.15, 0.2) is 18.1 Å². The fraction of sp³-hybridized carbons (Fsp3) is 0.286. The number of carbonyl (C=O) groups excluding carboxylic acids is 2. The fourth-order valence-electron chi connectivity index (χ4n) is 3.71. The molecular formula is C28H31BrN2O4. The minimum atomic E-state index is -0.697. The lowest BCUT2D eigenvalue weighted by atomic mass is 10.0. The van der Waals surface area contributed by atoms with Crippen molar-refractivity contribution in [2.45, 2.75) is 32.4 Å². The van der Waals surface area contributed by atoms with E-state index in [-0.39, 0.29) is 25.0 Å². The number of ether oxygens (including phenoxy) is 2. The van der Waals surface area contributed by atoms with Gasteiger partial charge >= 0.3 is 0 Å². The van der Waals surface area contributed by atoms with Crippen LogP contribution in [0.25, 0.3) is 0 Å². The largest absolute Gasteiger partial charge is 0.493 e. The summed E-state index contributed by atoms with van der Waals surface area (Å²) in [4.78, 5) is 28.5. The van der Waals surface area contributed by atoms with Crippen molar-refractivity contribution in [1.29, 1.82) is 0 Å². The maximum Gasteiger partial charge on any atom is 0.261 e. The molecule has 0 aliphatic carbocycles. The number of carbonyl (C=O) groups is 2. The summed E-state index contributed by atoms with van der Waals surface area (Å²) in [5.41, 5.74) is 1.88. The fourth-order valence-corrected chi connectivity index (χ4v) is 4.16. The Morgan fingerprint density at radius 1 is 0.943 bits per heavy atom. The van der Waals surface area contributed by atoms with Crippen molar-refractivity contribution in [1.82, 2.24) is 10.2 Å². The molecule has 0 aliphatic rings. The van der Waals surface area contributed by atoms with Gasteiger partial charge in [0.05, 0.1) is 7.11 Å². The van der Waals surface area contributed by atoms with Crippen molar-refractivity contribution >= 4 is 27.7 Å². The summed E-state index contributed by atoms with van der Waals surface area (Å²) in [6, 6.07) is 23.9. The van der Waals surface area contributed by atoms with E-state index in [1.54, 1.807) is 24.1 Å². The van der Waals surface area contributed by atoms with E-state index in [1.807, 2.05) is 73.7 Å². The Balaban J connectivity index is 1.90. The minimum Gasteiger partial charge on any atom is -0.493 e.